The SMILES string of the molecule is O=C(N[C@H]1C=CS(=O)(=O)C1)c1cnc(Nc2ccccc2)nc1. The molecule has 1 amide bonds. The molecular weight excluding hydrogens is 316 g/mol. The van der Waals surface area contributed by atoms with Gasteiger partial charge in [0.15, 0.2) is 9.84 Å². The van der Waals surface area contributed by atoms with E-state index < -0.39 is 21.8 Å². The maximum atomic E-state index is 12.0. The highest BCUT2D eigenvalue weighted by Crippen LogP contribution is 2.12. The highest BCUT2D eigenvalue weighted by molar-refractivity contribution is 7.94. The first-order chi connectivity index (χ1) is 11.0. The molecule has 0 unspecified atom stereocenters. The summed E-state index contributed by atoms with van der Waals surface area (Å²) in [6.07, 6.45) is 4.24. The van der Waals surface area contributed by atoms with E-state index in [0.29, 0.717) is 5.95 Å². The average molecular weight is 330 g/mol. The number of rotatable bonds is 4. The summed E-state index contributed by atoms with van der Waals surface area (Å²) in [5.41, 5.74) is 1.10. The number of sulfone groups is 1. The van der Waals surface area contributed by atoms with Crippen LogP contribution in [0.4, 0.5) is 11.6 Å². The smallest absolute Gasteiger partial charge is 0.254 e. The summed E-state index contributed by atoms with van der Waals surface area (Å²) in [6.45, 7) is 0. The largest absolute Gasteiger partial charge is 0.345 e. The number of hydrogen-bond donors (Lipinski definition) is 2. The zero-order valence-corrected chi connectivity index (χ0v) is 12.8. The van der Waals surface area contributed by atoms with Crippen LogP contribution in [-0.4, -0.2) is 36.1 Å². The van der Waals surface area contributed by atoms with Crippen molar-refractivity contribution in [3.05, 3.63) is 59.8 Å². The third kappa shape index (κ3) is 3.92. The summed E-state index contributed by atoms with van der Waals surface area (Å²) in [5, 5.41) is 6.74. The normalized spacial score (nSPS) is 18.5. The molecular formula is C15H14N4O3S. The van der Waals surface area contributed by atoms with Gasteiger partial charge in [0.1, 0.15) is 0 Å². The number of amides is 1. The van der Waals surface area contributed by atoms with Crippen LogP contribution >= 0.6 is 0 Å². The second kappa shape index (κ2) is 6.17. The van der Waals surface area contributed by atoms with E-state index in [4.69, 9.17) is 0 Å². The minimum atomic E-state index is -3.20. The average Bonchev–Trinajstić information content (AvgIpc) is 2.88. The topological polar surface area (TPSA) is 101 Å². The first kappa shape index (κ1) is 15.2. The monoisotopic (exact) mass is 330 g/mol. The molecule has 3 rings (SSSR count). The Hall–Kier alpha value is -2.74. The second-order valence-electron chi connectivity index (χ2n) is 5.02. The number of anilines is 2. The molecule has 0 aliphatic carbocycles. The molecule has 1 aromatic carbocycles. The van der Waals surface area contributed by atoms with E-state index >= 15 is 0 Å². The van der Waals surface area contributed by atoms with Gasteiger partial charge in [-0.2, -0.15) is 0 Å². The van der Waals surface area contributed by atoms with Crippen LogP contribution in [0.25, 0.3) is 0 Å². The molecule has 0 saturated heterocycles. The van der Waals surface area contributed by atoms with Gasteiger partial charge < -0.3 is 10.6 Å². The van der Waals surface area contributed by atoms with Gasteiger partial charge in [0.25, 0.3) is 5.91 Å². The molecule has 1 aromatic heterocycles. The van der Waals surface area contributed by atoms with Gasteiger partial charge in [-0.15, -0.1) is 0 Å². The number of aromatic nitrogens is 2. The summed E-state index contributed by atoms with van der Waals surface area (Å²) in [5.74, 6) is -0.160. The number of nitrogens with zero attached hydrogens (tertiary/aromatic N) is 2. The summed E-state index contributed by atoms with van der Waals surface area (Å²) in [7, 11) is -3.20. The lowest BCUT2D eigenvalue weighted by Gasteiger charge is -2.10. The molecule has 2 heterocycles. The Morgan fingerprint density at radius 1 is 1.13 bits per heavy atom. The van der Waals surface area contributed by atoms with Crippen molar-refractivity contribution < 1.29 is 13.2 Å². The quantitative estimate of drug-likeness (QED) is 0.875. The summed E-state index contributed by atoms with van der Waals surface area (Å²) in [6, 6.07) is 8.89. The molecule has 2 aromatic rings. The van der Waals surface area contributed by atoms with Crippen LogP contribution in [0.2, 0.25) is 0 Å². The van der Waals surface area contributed by atoms with E-state index in [1.54, 1.807) is 0 Å². The van der Waals surface area contributed by atoms with Gasteiger partial charge in [0.05, 0.1) is 17.4 Å². The third-order valence-electron chi connectivity index (χ3n) is 3.19. The lowest BCUT2D eigenvalue weighted by atomic mass is 10.2. The second-order valence-corrected chi connectivity index (χ2v) is 6.96. The van der Waals surface area contributed by atoms with E-state index in [-0.39, 0.29) is 11.3 Å². The molecule has 0 spiro atoms. The Balaban J connectivity index is 1.63. The fourth-order valence-corrected chi connectivity index (χ4v) is 3.31. The highest BCUT2D eigenvalue weighted by atomic mass is 32.2. The fraction of sp³-hybridized carbons (Fsp3) is 0.133. The van der Waals surface area contributed by atoms with E-state index in [1.807, 2.05) is 30.3 Å². The Morgan fingerprint density at radius 3 is 2.43 bits per heavy atom. The number of carbonyl (C=O) groups is 1. The van der Waals surface area contributed by atoms with Crippen molar-refractivity contribution in [3.63, 3.8) is 0 Å². The van der Waals surface area contributed by atoms with Gasteiger partial charge in [0.2, 0.25) is 5.95 Å². The highest BCUT2D eigenvalue weighted by Gasteiger charge is 2.23. The van der Waals surface area contributed by atoms with Gasteiger partial charge in [-0.05, 0) is 18.2 Å². The van der Waals surface area contributed by atoms with E-state index in [2.05, 4.69) is 20.6 Å². The maximum Gasteiger partial charge on any atom is 0.254 e. The zero-order valence-electron chi connectivity index (χ0n) is 12.0. The van der Waals surface area contributed by atoms with Crippen molar-refractivity contribution in [2.24, 2.45) is 0 Å². The van der Waals surface area contributed by atoms with E-state index in [0.717, 1.165) is 11.1 Å². The van der Waals surface area contributed by atoms with Crippen molar-refractivity contribution in [1.29, 1.82) is 0 Å². The number of para-hydroxylation sites is 1. The molecule has 0 radical (unpaired) electrons. The first-order valence-corrected chi connectivity index (χ1v) is 8.59. The Kier molecular flexibility index (Phi) is 4.07. The summed E-state index contributed by atoms with van der Waals surface area (Å²) < 4.78 is 22.6. The van der Waals surface area contributed by atoms with Crippen LogP contribution in [0.1, 0.15) is 10.4 Å². The van der Waals surface area contributed by atoms with Gasteiger partial charge >= 0.3 is 0 Å². The van der Waals surface area contributed by atoms with E-state index in [1.165, 1.54) is 18.5 Å². The predicted molar refractivity (Wildman–Crippen MR) is 85.9 cm³/mol. The lowest BCUT2D eigenvalue weighted by molar-refractivity contribution is 0.0947. The summed E-state index contributed by atoms with van der Waals surface area (Å²) >= 11 is 0. The minimum Gasteiger partial charge on any atom is -0.345 e. The maximum absolute atomic E-state index is 12.0. The van der Waals surface area contributed by atoms with Crippen molar-refractivity contribution in [2.45, 2.75) is 6.04 Å². The molecule has 0 saturated carbocycles. The first-order valence-electron chi connectivity index (χ1n) is 6.88. The van der Waals surface area contributed by atoms with Crippen molar-refractivity contribution in [3.8, 4) is 0 Å². The number of nitrogens with one attached hydrogen (secondary N) is 2. The predicted octanol–water partition coefficient (Wildman–Crippen LogP) is 1.26. The molecule has 23 heavy (non-hydrogen) atoms. The molecule has 2 N–H and O–H groups in total. The molecule has 118 valence electrons. The molecule has 0 bridgehead atoms. The summed E-state index contributed by atoms with van der Waals surface area (Å²) in [4.78, 5) is 20.2. The van der Waals surface area contributed by atoms with Crippen LogP contribution in [0.15, 0.2) is 54.2 Å². The molecule has 7 nitrogen and oxygen atoms in total. The zero-order chi connectivity index (χ0) is 16.3. The Morgan fingerprint density at radius 2 is 1.83 bits per heavy atom. The van der Waals surface area contributed by atoms with Gasteiger partial charge in [-0.1, -0.05) is 18.2 Å². The van der Waals surface area contributed by atoms with Crippen molar-refractivity contribution >= 4 is 27.4 Å². The number of benzene rings is 1. The molecule has 8 heteroatoms. The molecule has 1 aliphatic rings. The standard InChI is InChI=1S/C15H14N4O3S/c20-14(18-13-6-7-23(21,22)10-13)11-8-16-15(17-9-11)19-12-4-2-1-3-5-12/h1-9,13H,10H2,(H,18,20)(H,16,17,19)/t13-/m0/s1. The van der Waals surface area contributed by atoms with E-state index in [9.17, 15) is 13.2 Å². The van der Waals surface area contributed by atoms with Crippen LogP contribution in [-0.2, 0) is 9.84 Å². The fourth-order valence-electron chi connectivity index (χ4n) is 2.08. The number of carbonyl (C=O) groups excluding carboxylic acids is 1. The van der Waals surface area contributed by atoms with Gasteiger partial charge in [-0.3, -0.25) is 4.79 Å². The Bertz CT molecular complexity index is 833. The van der Waals surface area contributed by atoms with Gasteiger partial charge in [-0.25, -0.2) is 18.4 Å². The molecule has 1 aliphatic heterocycles. The van der Waals surface area contributed by atoms with Crippen molar-refractivity contribution in [1.82, 2.24) is 15.3 Å². The number of hydrogen-bond acceptors (Lipinski definition) is 6. The lowest BCUT2D eigenvalue weighted by Crippen LogP contribution is -2.35. The van der Waals surface area contributed by atoms with Crippen LogP contribution in [0.3, 0.4) is 0 Å². The molecule has 0 fully saturated rings. The van der Waals surface area contributed by atoms with Gasteiger partial charge in [0, 0.05) is 23.5 Å². The molecule has 1 atom stereocenters. The van der Waals surface area contributed by atoms with Crippen LogP contribution < -0.4 is 10.6 Å². The minimum absolute atomic E-state index is 0.118. The Labute approximate surface area is 133 Å². The van der Waals surface area contributed by atoms with Crippen LogP contribution in [0, 0.1) is 0 Å². The van der Waals surface area contributed by atoms with Crippen LogP contribution in [0.5, 0.6) is 0 Å². The van der Waals surface area contributed by atoms with Crippen molar-refractivity contribution in [2.75, 3.05) is 11.1 Å². The third-order valence-corrected chi connectivity index (χ3v) is 4.59.